The van der Waals surface area contributed by atoms with Crippen molar-refractivity contribution in [3.8, 4) is 11.1 Å². The van der Waals surface area contributed by atoms with Crippen LogP contribution < -0.4 is 5.32 Å². The molecule has 4 nitrogen and oxygen atoms in total. The van der Waals surface area contributed by atoms with E-state index in [2.05, 4.69) is 29.6 Å². The highest BCUT2D eigenvalue weighted by Gasteiger charge is 2.31. The molecule has 1 aliphatic heterocycles. The molecule has 6 heteroatoms. The van der Waals surface area contributed by atoms with Gasteiger partial charge in [0, 0.05) is 18.7 Å². The highest BCUT2D eigenvalue weighted by atomic mass is 32.2. The monoisotopic (exact) mass is 486 g/mol. The third-order valence-corrected chi connectivity index (χ3v) is 6.91. The number of carbonyl (C=O) groups is 2. The summed E-state index contributed by atoms with van der Waals surface area (Å²) in [4.78, 5) is 27.2. The second-order valence-corrected chi connectivity index (χ2v) is 9.72. The van der Waals surface area contributed by atoms with Crippen molar-refractivity contribution in [1.29, 1.82) is 0 Å². The highest BCUT2D eigenvalue weighted by Crippen LogP contribution is 2.33. The average Bonchev–Trinajstić information content (AvgIpc) is 3.12. The first-order valence-corrected chi connectivity index (χ1v) is 12.6. The van der Waals surface area contributed by atoms with E-state index in [-0.39, 0.29) is 11.8 Å². The number of anilines is 1. The molecule has 0 saturated carbocycles. The number of carbonyl (C=O) groups excluding carboxylic acids is 2. The summed E-state index contributed by atoms with van der Waals surface area (Å²) in [5, 5.41) is 2.89. The summed E-state index contributed by atoms with van der Waals surface area (Å²) in [7, 11) is 0. The lowest BCUT2D eigenvalue weighted by Gasteiger charge is -2.14. The van der Waals surface area contributed by atoms with Crippen molar-refractivity contribution in [2.45, 2.75) is 25.7 Å². The molecule has 1 aliphatic rings. The lowest BCUT2D eigenvalue weighted by molar-refractivity contribution is -0.122. The predicted molar refractivity (Wildman–Crippen MR) is 145 cm³/mol. The third-order valence-electron chi connectivity index (χ3n) is 5.53. The molecule has 1 fully saturated rings. The van der Waals surface area contributed by atoms with Crippen LogP contribution in [0.3, 0.4) is 0 Å². The van der Waals surface area contributed by atoms with E-state index in [0.717, 1.165) is 41.6 Å². The number of unbranched alkanes of at least 4 members (excludes halogenated alkanes) is 2. The van der Waals surface area contributed by atoms with Crippen LogP contribution in [0.2, 0.25) is 0 Å². The van der Waals surface area contributed by atoms with E-state index >= 15 is 0 Å². The molecular formula is C28H26N2O2S2. The molecule has 3 aromatic carbocycles. The van der Waals surface area contributed by atoms with Crippen LogP contribution in [0.5, 0.6) is 0 Å². The number of nitrogens with one attached hydrogen (secondary N) is 1. The molecule has 0 bridgehead atoms. The van der Waals surface area contributed by atoms with Gasteiger partial charge in [-0.2, -0.15) is 0 Å². The van der Waals surface area contributed by atoms with Gasteiger partial charge >= 0.3 is 0 Å². The standard InChI is InChI=1S/C28H26N2O2S2/c31-26(29-24-12-6-2-7-13-24)14-8-3-9-19-30-27(32)25(34-28(30)33)20-21-15-17-23(18-16-21)22-10-4-1-5-11-22/h1-2,4-7,10-13,15-18,20H,3,8-9,14,19H2,(H,29,31)/b25-20-. The minimum absolute atomic E-state index is 0.0121. The molecular weight excluding hydrogens is 460 g/mol. The molecule has 4 rings (SSSR count). The molecule has 0 spiro atoms. The van der Waals surface area contributed by atoms with E-state index in [1.807, 2.05) is 66.7 Å². The predicted octanol–water partition coefficient (Wildman–Crippen LogP) is 6.75. The van der Waals surface area contributed by atoms with Crippen LogP contribution in [-0.2, 0) is 9.59 Å². The van der Waals surface area contributed by atoms with Crippen LogP contribution in [0.1, 0.15) is 31.2 Å². The van der Waals surface area contributed by atoms with Crippen LogP contribution in [0.15, 0.2) is 89.8 Å². The van der Waals surface area contributed by atoms with E-state index in [1.165, 1.54) is 11.8 Å². The average molecular weight is 487 g/mol. The Kier molecular flexibility index (Phi) is 8.28. The number of para-hydroxylation sites is 1. The summed E-state index contributed by atoms with van der Waals surface area (Å²) < 4.78 is 0.596. The fourth-order valence-electron chi connectivity index (χ4n) is 3.72. The first-order chi connectivity index (χ1) is 16.6. The Morgan fingerprint density at radius 2 is 1.50 bits per heavy atom. The molecule has 0 radical (unpaired) electrons. The molecule has 1 heterocycles. The molecule has 1 N–H and O–H groups in total. The lowest BCUT2D eigenvalue weighted by Crippen LogP contribution is -2.29. The Morgan fingerprint density at radius 3 is 2.21 bits per heavy atom. The molecule has 0 aliphatic carbocycles. The number of amides is 2. The second-order valence-electron chi connectivity index (χ2n) is 8.05. The zero-order chi connectivity index (χ0) is 23.8. The molecule has 0 aromatic heterocycles. The van der Waals surface area contributed by atoms with Crippen LogP contribution >= 0.6 is 24.0 Å². The van der Waals surface area contributed by atoms with Gasteiger partial charge in [-0.05, 0) is 47.7 Å². The SMILES string of the molecule is O=C(CCCCCN1C(=O)/C(=C/c2ccc(-c3ccccc3)cc2)SC1=S)Nc1ccccc1. The highest BCUT2D eigenvalue weighted by molar-refractivity contribution is 8.26. The Hall–Kier alpha value is -3.22. The third kappa shape index (κ3) is 6.43. The van der Waals surface area contributed by atoms with Gasteiger partial charge in [0.2, 0.25) is 5.91 Å². The quantitative estimate of drug-likeness (QED) is 0.206. The minimum Gasteiger partial charge on any atom is -0.326 e. The zero-order valence-electron chi connectivity index (χ0n) is 18.8. The number of thiocarbonyl (C=S) groups is 1. The number of nitrogens with zero attached hydrogens (tertiary/aromatic N) is 1. The van der Waals surface area contributed by atoms with Crippen LogP contribution in [0.4, 0.5) is 5.69 Å². The summed E-state index contributed by atoms with van der Waals surface area (Å²) in [6.07, 6.45) is 4.81. The molecule has 3 aromatic rings. The Labute approximate surface area is 210 Å². The topological polar surface area (TPSA) is 49.4 Å². The van der Waals surface area contributed by atoms with E-state index in [1.54, 1.807) is 4.90 Å². The number of hydrogen-bond donors (Lipinski definition) is 1. The van der Waals surface area contributed by atoms with Gasteiger partial charge in [-0.15, -0.1) is 0 Å². The maximum absolute atomic E-state index is 12.9. The van der Waals surface area contributed by atoms with Crippen molar-refractivity contribution < 1.29 is 9.59 Å². The van der Waals surface area contributed by atoms with Gasteiger partial charge in [-0.3, -0.25) is 14.5 Å². The molecule has 172 valence electrons. The van der Waals surface area contributed by atoms with Crippen molar-refractivity contribution in [3.05, 3.63) is 95.4 Å². The smallest absolute Gasteiger partial charge is 0.266 e. The van der Waals surface area contributed by atoms with Gasteiger partial charge in [0.15, 0.2) is 0 Å². The van der Waals surface area contributed by atoms with E-state index < -0.39 is 0 Å². The molecule has 34 heavy (non-hydrogen) atoms. The first kappa shape index (κ1) is 23.9. The summed E-state index contributed by atoms with van der Waals surface area (Å²) in [5.41, 5.74) is 4.09. The first-order valence-electron chi connectivity index (χ1n) is 11.4. The van der Waals surface area contributed by atoms with Crippen molar-refractivity contribution in [2.24, 2.45) is 0 Å². The number of rotatable bonds is 9. The fraction of sp³-hybridized carbons (Fsp3) is 0.179. The van der Waals surface area contributed by atoms with Gasteiger partial charge in [0.05, 0.1) is 4.91 Å². The minimum atomic E-state index is -0.0380. The largest absolute Gasteiger partial charge is 0.326 e. The van der Waals surface area contributed by atoms with Crippen molar-refractivity contribution in [1.82, 2.24) is 4.90 Å². The van der Waals surface area contributed by atoms with Crippen molar-refractivity contribution in [3.63, 3.8) is 0 Å². The van der Waals surface area contributed by atoms with Crippen LogP contribution in [0, 0.1) is 0 Å². The zero-order valence-corrected chi connectivity index (χ0v) is 20.4. The fourth-order valence-corrected chi connectivity index (χ4v) is 5.03. The van der Waals surface area contributed by atoms with Crippen molar-refractivity contribution >= 4 is 51.9 Å². The van der Waals surface area contributed by atoms with Gasteiger partial charge in [0.25, 0.3) is 5.91 Å². The van der Waals surface area contributed by atoms with Crippen LogP contribution in [0.25, 0.3) is 17.2 Å². The molecule has 0 unspecified atom stereocenters. The summed E-state index contributed by atoms with van der Waals surface area (Å²) in [5.74, 6) is -0.0259. The molecule has 2 amide bonds. The Bertz CT molecular complexity index is 1180. The summed E-state index contributed by atoms with van der Waals surface area (Å²) in [6.45, 7) is 0.579. The number of thioether (sulfide) groups is 1. The van der Waals surface area contributed by atoms with Gasteiger partial charge < -0.3 is 5.32 Å². The van der Waals surface area contributed by atoms with E-state index in [0.29, 0.717) is 22.2 Å². The van der Waals surface area contributed by atoms with Crippen LogP contribution in [-0.4, -0.2) is 27.6 Å². The van der Waals surface area contributed by atoms with Crippen molar-refractivity contribution in [2.75, 3.05) is 11.9 Å². The maximum Gasteiger partial charge on any atom is 0.266 e. The van der Waals surface area contributed by atoms with Gasteiger partial charge in [-0.25, -0.2) is 0 Å². The second kappa shape index (κ2) is 11.8. The lowest BCUT2D eigenvalue weighted by atomic mass is 10.0. The number of benzene rings is 3. The van der Waals surface area contributed by atoms with E-state index in [4.69, 9.17) is 12.2 Å². The van der Waals surface area contributed by atoms with Gasteiger partial charge in [0.1, 0.15) is 4.32 Å². The van der Waals surface area contributed by atoms with Gasteiger partial charge in [-0.1, -0.05) is 103 Å². The Morgan fingerprint density at radius 1 is 0.853 bits per heavy atom. The maximum atomic E-state index is 12.9. The summed E-state index contributed by atoms with van der Waals surface area (Å²) >= 11 is 6.80. The van der Waals surface area contributed by atoms with E-state index in [9.17, 15) is 9.59 Å². The normalized spacial score (nSPS) is 14.6. The Balaban J connectivity index is 1.24. The molecule has 0 atom stereocenters. The number of hydrogen-bond acceptors (Lipinski definition) is 4. The molecule has 1 saturated heterocycles. The summed E-state index contributed by atoms with van der Waals surface area (Å²) in [6, 6.07) is 27.8.